The molecule has 31 heavy (non-hydrogen) atoms. The number of benzene rings is 2. The van der Waals surface area contributed by atoms with Gasteiger partial charge >= 0.3 is 0 Å². The van der Waals surface area contributed by atoms with Gasteiger partial charge in [0.25, 0.3) is 0 Å². The van der Waals surface area contributed by atoms with Crippen LogP contribution >= 0.6 is 23.2 Å². The summed E-state index contributed by atoms with van der Waals surface area (Å²) in [4.78, 5) is 27.4. The Morgan fingerprint density at radius 2 is 1.74 bits per heavy atom. The third-order valence-electron chi connectivity index (χ3n) is 5.64. The Balaban J connectivity index is 1.24. The summed E-state index contributed by atoms with van der Waals surface area (Å²) >= 11 is 12.1. The number of carbonyl (C=O) groups is 2. The van der Waals surface area contributed by atoms with Crippen molar-refractivity contribution in [3.63, 3.8) is 0 Å². The van der Waals surface area contributed by atoms with Crippen molar-refractivity contribution in [1.82, 2.24) is 4.90 Å². The molecule has 164 valence electrons. The van der Waals surface area contributed by atoms with Crippen molar-refractivity contribution in [2.24, 2.45) is 5.92 Å². The molecule has 0 aromatic heterocycles. The van der Waals surface area contributed by atoms with Gasteiger partial charge in [0.2, 0.25) is 5.91 Å². The number of fused-ring (bicyclic) bond motifs is 1. The van der Waals surface area contributed by atoms with Crippen molar-refractivity contribution >= 4 is 40.6 Å². The lowest BCUT2D eigenvalue weighted by Crippen LogP contribution is -2.38. The first-order chi connectivity index (χ1) is 15.0. The highest BCUT2D eigenvalue weighted by atomic mass is 35.5. The Hall–Kier alpha value is -2.28. The van der Waals surface area contributed by atoms with Crippen LogP contribution in [0.15, 0.2) is 36.4 Å². The van der Waals surface area contributed by atoms with Crippen LogP contribution in [0.2, 0.25) is 10.0 Å². The normalized spacial score (nSPS) is 16.7. The number of rotatable bonds is 6. The van der Waals surface area contributed by atoms with Crippen LogP contribution in [0, 0.1) is 5.92 Å². The second-order valence-electron chi connectivity index (χ2n) is 7.76. The van der Waals surface area contributed by atoms with Crippen LogP contribution in [-0.4, -0.2) is 49.4 Å². The van der Waals surface area contributed by atoms with E-state index in [1.807, 2.05) is 12.1 Å². The van der Waals surface area contributed by atoms with Gasteiger partial charge in [-0.05, 0) is 62.3 Å². The Labute approximate surface area is 191 Å². The van der Waals surface area contributed by atoms with Crippen molar-refractivity contribution in [2.45, 2.75) is 19.3 Å². The molecule has 1 amide bonds. The highest BCUT2D eigenvalue weighted by molar-refractivity contribution is 6.35. The number of hydrogen-bond donors (Lipinski definition) is 1. The van der Waals surface area contributed by atoms with Crippen LogP contribution in [0.1, 0.15) is 29.6 Å². The number of hydrogen-bond acceptors (Lipinski definition) is 5. The summed E-state index contributed by atoms with van der Waals surface area (Å²) in [6, 6.07) is 10.4. The predicted octanol–water partition coefficient (Wildman–Crippen LogP) is 4.69. The molecule has 0 saturated carbocycles. The van der Waals surface area contributed by atoms with E-state index in [-0.39, 0.29) is 17.6 Å². The van der Waals surface area contributed by atoms with Crippen LogP contribution in [0.4, 0.5) is 5.69 Å². The minimum absolute atomic E-state index is 0.0158. The number of ether oxygens (including phenoxy) is 2. The van der Waals surface area contributed by atoms with E-state index in [2.05, 4.69) is 10.2 Å². The molecule has 0 radical (unpaired) electrons. The zero-order valence-corrected chi connectivity index (χ0v) is 18.5. The van der Waals surface area contributed by atoms with Gasteiger partial charge in [-0.2, -0.15) is 0 Å². The molecule has 0 atom stereocenters. The molecule has 2 aromatic carbocycles. The molecule has 1 fully saturated rings. The standard InChI is InChI=1S/C23H24Cl2N2O4/c24-17-2-3-18(25)19(14-17)26-22(28)7-10-27-8-5-15(6-9-27)23(29)16-1-4-20-21(13-16)31-12-11-30-20/h1-4,13-15H,5-12H2,(H,26,28). The highest BCUT2D eigenvalue weighted by Gasteiger charge is 2.27. The van der Waals surface area contributed by atoms with Crippen LogP contribution in [0.5, 0.6) is 11.5 Å². The first-order valence-electron chi connectivity index (χ1n) is 10.4. The van der Waals surface area contributed by atoms with Crippen LogP contribution in [0.25, 0.3) is 0 Å². The number of halogens is 2. The lowest BCUT2D eigenvalue weighted by Gasteiger charge is -2.31. The average molecular weight is 463 g/mol. The topological polar surface area (TPSA) is 67.9 Å². The van der Waals surface area contributed by atoms with E-state index < -0.39 is 0 Å². The molecule has 0 unspecified atom stereocenters. The molecular weight excluding hydrogens is 439 g/mol. The number of anilines is 1. The first-order valence-corrected chi connectivity index (χ1v) is 11.2. The van der Waals surface area contributed by atoms with Crippen LogP contribution in [-0.2, 0) is 4.79 Å². The van der Waals surface area contributed by atoms with Gasteiger partial charge in [-0.25, -0.2) is 0 Å². The summed E-state index contributed by atoms with van der Waals surface area (Å²) < 4.78 is 11.1. The zero-order valence-electron chi connectivity index (χ0n) is 17.0. The van der Waals surface area contributed by atoms with E-state index in [4.69, 9.17) is 32.7 Å². The smallest absolute Gasteiger partial charge is 0.225 e. The summed E-state index contributed by atoms with van der Waals surface area (Å²) in [5, 5.41) is 3.78. The van der Waals surface area contributed by atoms with Crippen molar-refractivity contribution in [3.8, 4) is 11.5 Å². The Morgan fingerprint density at radius 3 is 2.52 bits per heavy atom. The van der Waals surface area contributed by atoms with Gasteiger partial charge in [0.1, 0.15) is 13.2 Å². The molecule has 1 N–H and O–H groups in total. The zero-order chi connectivity index (χ0) is 21.8. The fourth-order valence-corrected chi connectivity index (χ4v) is 4.25. The quantitative estimate of drug-likeness (QED) is 0.630. The molecule has 2 aliphatic heterocycles. The fraction of sp³-hybridized carbons (Fsp3) is 0.391. The number of carbonyl (C=O) groups excluding carboxylic acids is 2. The van der Waals surface area contributed by atoms with Crippen molar-refractivity contribution in [2.75, 3.05) is 38.2 Å². The van der Waals surface area contributed by atoms with Gasteiger partial charge in [-0.3, -0.25) is 9.59 Å². The Morgan fingerprint density at radius 1 is 1.00 bits per heavy atom. The number of amides is 1. The summed E-state index contributed by atoms with van der Waals surface area (Å²) in [5.41, 5.74) is 1.18. The lowest BCUT2D eigenvalue weighted by atomic mass is 9.88. The van der Waals surface area contributed by atoms with E-state index in [0.717, 1.165) is 25.9 Å². The highest BCUT2D eigenvalue weighted by Crippen LogP contribution is 2.32. The summed E-state index contributed by atoms with van der Waals surface area (Å²) in [7, 11) is 0. The summed E-state index contributed by atoms with van der Waals surface area (Å²) in [5.74, 6) is 1.34. The molecule has 2 aliphatic rings. The number of ketones is 1. The molecule has 6 nitrogen and oxygen atoms in total. The molecule has 0 bridgehead atoms. The maximum atomic E-state index is 12.9. The van der Waals surface area contributed by atoms with Gasteiger partial charge in [-0.15, -0.1) is 0 Å². The Kier molecular flexibility index (Phi) is 7.00. The van der Waals surface area contributed by atoms with Crippen LogP contribution < -0.4 is 14.8 Å². The SMILES string of the molecule is O=C(CCN1CCC(C(=O)c2ccc3c(c2)OCCO3)CC1)Nc1cc(Cl)ccc1Cl. The third kappa shape index (κ3) is 5.50. The summed E-state index contributed by atoms with van der Waals surface area (Å²) in [6.07, 6.45) is 1.90. The number of piperidine rings is 1. The van der Waals surface area contributed by atoms with Crippen molar-refractivity contribution in [1.29, 1.82) is 0 Å². The average Bonchev–Trinajstić information content (AvgIpc) is 2.79. The maximum absolute atomic E-state index is 12.9. The second-order valence-corrected chi connectivity index (χ2v) is 8.60. The first kappa shape index (κ1) is 21.9. The largest absolute Gasteiger partial charge is 0.486 e. The molecule has 1 saturated heterocycles. The van der Waals surface area contributed by atoms with E-state index in [1.165, 1.54) is 0 Å². The molecule has 8 heteroatoms. The molecular formula is C23H24Cl2N2O4. The molecule has 0 spiro atoms. The molecule has 2 heterocycles. The fourth-order valence-electron chi connectivity index (χ4n) is 3.92. The van der Waals surface area contributed by atoms with Gasteiger partial charge in [0.05, 0.1) is 10.7 Å². The number of nitrogens with zero attached hydrogens (tertiary/aromatic N) is 1. The van der Waals surface area contributed by atoms with E-state index in [0.29, 0.717) is 59.0 Å². The van der Waals surface area contributed by atoms with Gasteiger partial charge < -0.3 is 19.7 Å². The van der Waals surface area contributed by atoms with Gasteiger partial charge in [-0.1, -0.05) is 23.2 Å². The molecule has 4 rings (SSSR count). The maximum Gasteiger partial charge on any atom is 0.225 e. The lowest BCUT2D eigenvalue weighted by molar-refractivity contribution is -0.116. The van der Waals surface area contributed by atoms with Crippen molar-refractivity contribution in [3.05, 3.63) is 52.0 Å². The summed E-state index contributed by atoms with van der Waals surface area (Å²) in [6.45, 7) is 3.23. The van der Waals surface area contributed by atoms with E-state index in [9.17, 15) is 9.59 Å². The number of likely N-dealkylation sites (tertiary alicyclic amines) is 1. The monoisotopic (exact) mass is 462 g/mol. The minimum Gasteiger partial charge on any atom is -0.486 e. The number of Topliss-reactive ketones (excluding diaryl/α,β-unsaturated/α-hetero) is 1. The van der Waals surface area contributed by atoms with E-state index >= 15 is 0 Å². The van der Waals surface area contributed by atoms with Gasteiger partial charge in [0.15, 0.2) is 17.3 Å². The Bertz CT molecular complexity index is 974. The van der Waals surface area contributed by atoms with E-state index in [1.54, 1.807) is 24.3 Å². The number of nitrogens with one attached hydrogen (secondary N) is 1. The van der Waals surface area contributed by atoms with Crippen LogP contribution in [0.3, 0.4) is 0 Å². The second kappa shape index (κ2) is 9.90. The van der Waals surface area contributed by atoms with Crippen molar-refractivity contribution < 1.29 is 19.1 Å². The predicted molar refractivity (Wildman–Crippen MR) is 121 cm³/mol. The minimum atomic E-state index is -0.112. The molecule has 0 aliphatic carbocycles. The third-order valence-corrected chi connectivity index (χ3v) is 6.21. The molecule has 2 aromatic rings. The van der Waals surface area contributed by atoms with Gasteiger partial charge in [0, 0.05) is 29.5 Å².